The van der Waals surface area contributed by atoms with E-state index in [0.717, 1.165) is 19.3 Å². The standard InChI is InChI=1S/C22H34O4/c1-4-5-16-22(2,3)20(24)15-13-17-12-14-19(23)18(17)10-8-6-7-9-11-21(25)26/h6,8,12-15,17-18,20,24H,4-5,7,9-11,16H2,1-3H3,(H,25,26)/t17?,18-,20-/m1/s1. The van der Waals surface area contributed by atoms with E-state index in [0.29, 0.717) is 19.3 Å². The number of hydrogen-bond donors (Lipinski definition) is 2. The Hall–Kier alpha value is -1.68. The topological polar surface area (TPSA) is 74.6 Å². The predicted octanol–water partition coefficient (Wildman–Crippen LogP) is 4.69. The van der Waals surface area contributed by atoms with E-state index >= 15 is 0 Å². The first kappa shape index (κ1) is 22.4. The van der Waals surface area contributed by atoms with Crippen molar-refractivity contribution in [2.45, 2.75) is 71.8 Å². The minimum Gasteiger partial charge on any atom is -0.481 e. The van der Waals surface area contributed by atoms with Crippen LogP contribution in [0.25, 0.3) is 0 Å². The van der Waals surface area contributed by atoms with Crippen molar-refractivity contribution in [3.8, 4) is 0 Å². The van der Waals surface area contributed by atoms with Gasteiger partial charge in [-0.25, -0.2) is 0 Å². The molecular formula is C22H34O4. The molecule has 146 valence electrons. The molecule has 4 heteroatoms. The maximum absolute atomic E-state index is 12.1. The Morgan fingerprint density at radius 3 is 2.69 bits per heavy atom. The van der Waals surface area contributed by atoms with Crippen molar-refractivity contribution in [2.24, 2.45) is 17.3 Å². The quantitative estimate of drug-likeness (QED) is 0.390. The van der Waals surface area contributed by atoms with Crippen LogP contribution >= 0.6 is 0 Å². The van der Waals surface area contributed by atoms with Gasteiger partial charge < -0.3 is 10.2 Å². The molecule has 1 unspecified atom stereocenters. The Balaban J connectivity index is 2.54. The number of ketones is 1. The summed E-state index contributed by atoms with van der Waals surface area (Å²) in [7, 11) is 0. The average Bonchev–Trinajstić information content (AvgIpc) is 2.93. The molecule has 0 aromatic rings. The zero-order chi connectivity index (χ0) is 19.6. The molecule has 0 bridgehead atoms. The molecule has 1 rings (SSSR count). The minimum absolute atomic E-state index is 0.0165. The lowest BCUT2D eigenvalue weighted by Gasteiger charge is -2.28. The van der Waals surface area contributed by atoms with Crippen LogP contribution in [0.3, 0.4) is 0 Å². The van der Waals surface area contributed by atoms with Gasteiger partial charge in [-0.15, -0.1) is 0 Å². The van der Waals surface area contributed by atoms with Crippen molar-refractivity contribution in [3.05, 3.63) is 36.5 Å². The number of hydrogen-bond acceptors (Lipinski definition) is 3. The van der Waals surface area contributed by atoms with Crippen molar-refractivity contribution in [1.29, 1.82) is 0 Å². The third kappa shape index (κ3) is 7.69. The van der Waals surface area contributed by atoms with Gasteiger partial charge in [0.25, 0.3) is 0 Å². The summed E-state index contributed by atoms with van der Waals surface area (Å²) in [6, 6.07) is 0. The van der Waals surface area contributed by atoms with Crippen molar-refractivity contribution in [1.82, 2.24) is 0 Å². The van der Waals surface area contributed by atoms with Gasteiger partial charge in [-0.1, -0.05) is 64.0 Å². The molecule has 4 nitrogen and oxygen atoms in total. The summed E-state index contributed by atoms with van der Waals surface area (Å²) >= 11 is 0. The number of aliphatic hydroxyl groups is 1. The second kappa shape index (κ2) is 11.1. The predicted molar refractivity (Wildman–Crippen MR) is 105 cm³/mol. The Morgan fingerprint density at radius 1 is 1.31 bits per heavy atom. The van der Waals surface area contributed by atoms with Crippen molar-refractivity contribution in [2.75, 3.05) is 0 Å². The van der Waals surface area contributed by atoms with Crippen LogP contribution in [0.2, 0.25) is 0 Å². The third-order valence-electron chi connectivity index (χ3n) is 5.12. The first-order chi connectivity index (χ1) is 12.3. The summed E-state index contributed by atoms with van der Waals surface area (Å²) in [5, 5.41) is 19.1. The van der Waals surface area contributed by atoms with E-state index in [9.17, 15) is 14.7 Å². The highest BCUT2D eigenvalue weighted by atomic mass is 16.4. The number of carboxylic acid groups (broad SMARTS) is 1. The second-order valence-corrected chi connectivity index (χ2v) is 7.86. The molecule has 0 spiro atoms. The second-order valence-electron chi connectivity index (χ2n) is 7.86. The molecule has 2 N–H and O–H groups in total. The molecule has 0 amide bonds. The van der Waals surface area contributed by atoms with Gasteiger partial charge in [-0.05, 0) is 37.2 Å². The number of carbonyl (C=O) groups excluding carboxylic acids is 1. The van der Waals surface area contributed by atoms with Crippen LogP contribution in [0.15, 0.2) is 36.5 Å². The van der Waals surface area contributed by atoms with E-state index in [1.165, 1.54) is 0 Å². The summed E-state index contributed by atoms with van der Waals surface area (Å²) in [4.78, 5) is 22.6. The van der Waals surface area contributed by atoms with Crippen LogP contribution in [-0.4, -0.2) is 28.1 Å². The number of unbranched alkanes of at least 4 members (excludes halogenated alkanes) is 2. The van der Waals surface area contributed by atoms with Gasteiger partial charge in [0, 0.05) is 18.3 Å². The van der Waals surface area contributed by atoms with Gasteiger partial charge in [-0.3, -0.25) is 9.59 Å². The van der Waals surface area contributed by atoms with Gasteiger partial charge in [0.05, 0.1) is 6.10 Å². The van der Waals surface area contributed by atoms with Gasteiger partial charge in [0.2, 0.25) is 0 Å². The number of allylic oxidation sites excluding steroid dienone is 5. The Morgan fingerprint density at radius 2 is 2.04 bits per heavy atom. The molecule has 0 radical (unpaired) electrons. The summed E-state index contributed by atoms with van der Waals surface area (Å²) < 4.78 is 0. The highest BCUT2D eigenvalue weighted by Gasteiger charge is 2.29. The van der Waals surface area contributed by atoms with Crippen molar-refractivity contribution < 1.29 is 19.8 Å². The van der Waals surface area contributed by atoms with Crippen LogP contribution in [0.5, 0.6) is 0 Å². The highest BCUT2D eigenvalue weighted by Crippen LogP contribution is 2.31. The molecule has 0 aliphatic heterocycles. The maximum atomic E-state index is 12.1. The zero-order valence-corrected chi connectivity index (χ0v) is 16.4. The molecular weight excluding hydrogens is 328 g/mol. The van der Waals surface area contributed by atoms with Crippen LogP contribution in [0, 0.1) is 17.3 Å². The lowest BCUT2D eigenvalue weighted by atomic mass is 9.80. The number of rotatable bonds is 12. The van der Waals surface area contributed by atoms with Crippen LogP contribution in [0.1, 0.15) is 65.7 Å². The third-order valence-corrected chi connectivity index (χ3v) is 5.12. The van der Waals surface area contributed by atoms with Crippen LogP contribution < -0.4 is 0 Å². The normalized spacial score (nSPS) is 21.9. The smallest absolute Gasteiger partial charge is 0.303 e. The monoisotopic (exact) mass is 362 g/mol. The van der Waals surface area contributed by atoms with Gasteiger partial charge in [-0.2, -0.15) is 0 Å². The minimum atomic E-state index is -0.779. The molecule has 1 aliphatic rings. The molecule has 1 aliphatic carbocycles. The molecule has 0 aromatic carbocycles. The lowest BCUT2D eigenvalue weighted by molar-refractivity contribution is -0.137. The fourth-order valence-electron chi connectivity index (χ4n) is 3.13. The van der Waals surface area contributed by atoms with Crippen LogP contribution in [-0.2, 0) is 9.59 Å². The maximum Gasteiger partial charge on any atom is 0.303 e. The SMILES string of the molecule is CCCCC(C)(C)[C@H](O)C=CC1C=CC(=O)[C@@H]1CC=CCCCC(=O)O. The van der Waals surface area contributed by atoms with Crippen LogP contribution in [0.4, 0.5) is 0 Å². The van der Waals surface area contributed by atoms with E-state index in [1.807, 2.05) is 30.4 Å². The Labute approximate surface area is 157 Å². The first-order valence-electron chi connectivity index (χ1n) is 9.73. The van der Waals surface area contributed by atoms with E-state index in [1.54, 1.807) is 6.08 Å². The molecule has 0 fully saturated rings. The highest BCUT2D eigenvalue weighted by molar-refractivity contribution is 5.95. The summed E-state index contributed by atoms with van der Waals surface area (Å²) in [6.07, 6.45) is 16.1. The van der Waals surface area contributed by atoms with Gasteiger partial charge in [0.15, 0.2) is 5.78 Å². The largest absolute Gasteiger partial charge is 0.481 e. The molecule has 0 aromatic heterocycles. The Bertz CT molecular complexity index is 542. The fourth-order valence-corrected chi connectivity index (χ4v) is 3.13. The average molecular weight is 363 g/mol. The number of carboxylic acids is 1. The summed E-state index contributed by atoms with van der Waals surface area (Å²) in [6.45, 7) is 6.29. The van der Waals surface area contributed by atoms with E-state index in [4.69, 9.17) is 5.11 Å². The number of carbonyl (C=O) groups is 2. The van der Waals surface area contributed by atoms with E-state index in [-0.39, 0.29) is 29.5 Å². The lowest BCUT2D eigenvalue weighted by Crippen LogP contribution is -2.27. The van der Waals surface area contributed by atoms with E-state index < -0.39 is 12.1 Å². The molecule has 0 heterocycles. The zero-order valence-electron chi connectivity index (χ0n) is 16.4. The summed E-state index contributed by atoms with van der Waals surface area (Å²) in [5.41, 5.74) is -0.168. The van der Waals surface area contributed by atoms with Crippen molar-refractivity contribution in [3.63, 3.8) is 0 Å². The molecule has 26 heavy (non-hydrogen) atoms. The molecule has 0 saturated heterocycles. The fraction of sp³-hybridized carbons (Fsp3) is 0.636. The van der Waals surface area contributed by atoms with Gasteiger partial charge >= 0.3 is 5.97 Å². The van der Waals surface area contributed by atoms with Gasteiger partial charge in [0.1, 0.15) is 0 Å². The molecule has 3 atom stereocenters. The molecule has 0 saturated carbocycles. The van der Waals surface area contributed by atoms with E-state index in [2.05, 4.69) is 20.8 Å². The van der Waals surface area contributed by atoms with Crippen molar-refractivity contribution >= 4 is 11.8 Å². The first-order valence-corrected chi connectivity index (χ1v) is 9.73. The summed E-state index contributed by atoms with van der Waals surface area (Å²) in [5.74, 6) is -0.760. The number of aliphatic carboxylic acids is 1. The Kier molecular flexibility index (Phi) is 9.57. The number of aliphatic hydroxyl groups excluding tert-OH is 1.